The summed E-state index contributed by atoms with van der Waals surface area (Å²) in [6, 6.07) is 0. The van der Waals surface area contributed by atoms with E-state index in [4.69, 9.17) is 4.74 Å². The Morgan fingerprint density at radius 2 is 2.25 bits per heavy atom. The molecule has 2 heteroatoms. The van der Waals surface area contributed by atoms with Gasteiger partial charge in [0.25, 0.3) is 0 Å². The van der Waals surface area contributed by atoms with E-state index >= 15 is 0 Å². The highest BCUT2D eigenvalue weighted by Gasteiger charge is 2.41. The van der Waals surface area contributed by atoms with E-state index in [1.807, 2.05) is 0 Å². The van der Waals surface area contributed by atoms with Gasteiger partial charge in [0.05, 0.1) is 0 Å². The Labute approximate surface area is 72.6 Å². The zero-order valence-corrected chi connectivity index (χ0v) is 7.16. The maximum atomic E-state index is 10.9. The second-order valence-electron chi connectivity index (χ2n) is 3.85. The topological polar surface area (TPSA) is 26.3 Å². The highest BCUT2D eigenvalue weighted by Crippen LogP contribution is 2.45. The van der Waals surface area contributed by atoms with E-state index in [0.717, 1.165) is 12.3 Å². The van der Waals surface area contributed by atoms with Crippen LogP contribution in [0, 0.1) is 11.8 Å². The third-order valence-corrected chi connectivity index (χ3v) is 3.11. The molecule has 3 atom stereocenters. The molecule has 0 saturated heterocycles. The number of fused-ring (bicyclic) bond motifs is 2. The fraction of sp³-hybridized carbons (Fsp3) is 0.700. The van der Waals surface area contributed by atoms with Gasteiger partial charge < -0.3 is 4.74 Å². The summed E-state index contributed by atoms with van der Waals surface area (Å²) in [7, 11) is 0. The fourth-order valence-corrected chi connectivity index (χ4v) is 2.53. The molecule has 2 bridgehead atoms. The minimum absolute atomic E-state index is 0.203. The van der Waals surface area contributed by atoms with Crippen LogP contribution >= 0.6 is 0 Å². The summed E-state index contributed by atoms with van der Waals surface area (Å²) in [5.74, 6) is 1.23. The summed E-state index contributed by atoms with van der Waals surface area (Å²) in [6.07, 6.45) is 6.41. The maximum absolute atomic E-state index is 10.9. The summed E-state index contributed by atoms with van der Waals surface area (Å²) in [4.78, 5) is 10.9. The predicted octanol–water partition coefficient (Wildman–Crippen LogP) is 1.90. The van der Waals surface area contributed by atoms with Gasteiger partial charge in [0, 0.05) is 6.08 Å². The van der Waals surface area contributed by atoms with Gasteiger partial charge in [-0.2, -0.15) is 0 Å². The molecular weight excluding hydrogens is 152 g/mol. The molecule has 2 saturated carbocycles. The van der Waals surface area contributed by atoms with Gasteiger partial charge in [-0.05, 0) is 37.5 Å². The molecule has 2 aliphatic carbocycles. The smallest absolute Gasteiger partial charge is 0.330 e. The molecule has 0 radical (unpaired) electrons. The SMILES string of the molecule is C=CC(=O)O[C@H]1C[C@@H]2CC[C@H]1C2. The standard InChI is InChI=1S/C10H14O2/c1-2-10(11)12-9-6-7-3-4-8(9)5-7/h2,7-9H,1,3-6H2/t7-,8+,9+/m1/s1. The van der Waals surface area contributed by atoms with E-state index in [-0.39, 0.29) is 12.1 Å². The lowest BCUT2D eigenvalue weighted by atomic mass is 9.98. The number of esters is 1. The van der Waals surface area contributed by atoms with E-state index in [1.165, 1.54) is 25.3 Å². The molecule has 0 aromatic carbocycles. The average molecular weight is 166 g/mol. The van der Waals surface area contributed by atoms with E-state index in [9.17, 15) is 4.79 Å². The highest BCUT2D eigenvalue weighted by molar-refractivity contribution is 5.81. The van der Waals surface area contributed by atoms with Gasteiger partial charge in [-0.3, -0.25) is 0 Å². The second kappa shape index (κ2) is 2.92. The van der Waals surface area contributed by atoms with E-state index in [0.29, 0.717) is 5.92 Å². The second-order valence-corrected chi connectivity index (χ2v) is 3.85. The van der Waals surface area contributed by atoms with Crippen molar-refractivity contribution < 1.29 is 9.53 Å². The van der Waals surface area contributed by atoms with Gasteiger partial charge in [0.15, 0.2) is 0 Å². The van der Waals surface area contributed by atoms with Gasteiger partial charge in [-0.1, -0.05) is 6.58 Å². The van der Waals surface area contributed by atoms with Crippen molar-refractivity contribution in [3.05, 3.63) is 12.7 Å². The zero-order valence-electron chi connectivity index (χ0n) is 7.16. The molecule has 2 fully saturated rings. The Morgan fingerprint density at radius 3 is 2.75 bits per heavy atom. The molecule has 0 aromatic heterocycles. The predicted molar refractivity (Wildman–Crippen MR) is 45.5 cm³/mol. The third kappa shape index (κ3) is 1.26. The first-order chi connectivity index (χ1) is 5.79. The van der Waals surface area contributed by atoms with Gasteiger partial charge in [0.2, 0.25) is 0 Å². The summed E-state index contributed by atoms with van der Waals surface area (Å²) in [5, 5.41) is 0. The maximum Gasteiger partial charge on any atom is 0.330 e. The Morgan fingerprint density at radius 1 is 1.42 bits per heavy atom. The van der Waals surface area contributed by atoms with Crippen molar-refractivity contribution in [3.63, 3.8) is 0 Å². The van der Waals surface area contributed by atoms with Crippen molar-refractivity contribution >= 4 is 5.97 Å². The molecule has 2 rings (SSSR count). The molecule has 66 valence electrons. The highest BCUT2D eigenvalue weighted by atomic mass is 16.5. The number of carbonyl (C=O) groups is 1. The molecule has 0 spiro atoms. The Balaban J connectivity index is 1.90. The first-order valence-corrected chi connectivity index (χ1v) is 4.62. The van der Waals surface area contributed by atoms with Crippen LogP contribution in [-0.2, 0) is 9.53 Å². The van der Waals surface area contributed by atoms with Crippen LogP contribution in [0.3, 0.4) is 0 Å². The van der Waals surface area contributed by atoms with Crippen molar-refractivity contribution in [1.82, 2.24) is 0 Å². The molecule has 0 unspecified atom stereocenters. The summed E-state index contributed by atoms with van der Waals surface area (Å²) < 4.78 is 5.24. The van der Waals surface area contributed by atoms with E-state index in [1.54, 1.807) is 0 Å². The number of carbonyl (C=O) groups excluding carboxylic acids is 1. The van der Waals surface area contributed by atoms with Crippen molar-refractivity contribution in [2.45, 2.75) is 31.8 Å². The average Bonchev–Trinajstić information content (AvgIpc) is 2.64. The number of ether oxygens (including phenoxy) is 1. The molecule has 0 aliphatic heterocycles. The summed E-state index contributed by atoms with van der Waals surface area (Å²) in [5.41, 5.74) is 0. The van der Waals surface area contributed by atoms with Crippen molar-refractivity contribution in [2.24, 2.45) is 11.8 Å². The zero-order chi connectivity index (χ0) is 8.55. The van der Waals surface area contributed by atoms with Gasteiger partial charge >= 0.3 is 5.97 Å². The third-order valence-electron chi connectivity index (χ3n) is 3.11. The van der Waals surface area contributed by atoms with Crippen LogP contribution in [0.5, 0.6) is 0 Å². The quantitative estimate of drug-likeness (QED) is 0.462. The fourth-order valence-electron chi connectivity index (χ4n) is 2.53. The minimum Gasteiger partial charge on any atom is -0.459 e. The van der Waals surface area contributed by atoms with Crippen molar-refractivity contribution in [3.8, 4) is 0 Å². The normalized spacial score (nSPS) is 38.2. The molecule has 0 heterocycles. The molecular formula is C10H14O2. The number of hydrogen-bond donors (Lipinski definition) is 0. The summed E-state index contributed by atoms with van der Waals surface area (Å²) >= 11 is 0. The molecule has 2 aliphatic rings. The van der Waals surface area contributed by atoms with Gasteiger partial charge in [-0.15, -0.1) is 0 Å². The molecule has 12 heavy (non-hydrogen) atoms. The molecule has 2 nitrogen and oxygen atoms in total. The molecule has 0 N–H and O–H groups in total. The van der Waals surface area contributed by atoms with Crippen LogP contribution in [0.15, 0.2) is 12.7 Å². The first kappa shape index (κ1) is 7.84. The first-order valence-electron chi connectivity index (χ1n) is 4.62. The molecule has 0 amide bonds. The lowest BCUT2D eigenvalue weighted by Crippen LogP contribution is -2.22. The lowest BCUT2D eigenvalue weighted by molar-refractivity contribution is -0.145. The Hall–Kier alpha value is -0.790. The van der Waals surface area contributed by atoms with E-state index in [2.05, 4.69) is 6.58 Å². The van der Waals surface area contributed by atoms with Crippen LogP contribution in [0.1, 0.15) is 25.7 Å². The van der Waals surface area contributed by atoms with E-state index < -0.39 is 0 Å². The minimum atomic E-state index is -0.257. The number of hydrogen-bond acceptors (Lipinski definition) is 2. The van der Waals surface area contributed by atoms with Gasteiger partial charge in [-0.25, -0.2) is 4.79 Å². The van der Waals surface area contributed by atoms with Crippen LogP contribution in [0.2, 0.25) is 0 Å². The Bertz CT molecular complexity index is 210. The van der Waals surface area contributed by atoms with Crippen LogP contribution in [-0.4, -0.2) is 12.1 Å². The largest absolute Gasteiger partial charge is 0.459 e. The van der Waals surface area contributed by atoms with Crippen LogP contribution in [0.4, 0.5) is 0 Å². The summed E-state index contributed by atoms with van der Waals surface area (Å²) in [6.45, 7) is 3.39. The number of rotatable bonds is 2. The van der Waals surface area contributed by atoms with Crippen LogP contribution < -0.4 is 0 Å². The van der Waals surface area contributed by atoms with Crippen molar-refractivity contribution in [1.29, 1.82) is 0 Å². The van der Waals surface area contributed by atoms with Crippen molar-refractivity contribution in [2.75, 3.05) is 0 Å². The molecule has 0 aromatic rings. The lowest BCUT2D eigenvalue weighted by Gasteiger charge is -2.20. The monoisotopic (exact) mass is 166 g/mol. The Kier molecular flexibility index (Phi) is 1.91. The van der Waals surface area contributed by atoms with Gasteiger partial charge in [0.1, 0.15) is 6.10 Å². The van der Waals surface area contributed by atoms with Crippen LogP contribution in [0.25, 0.3) is 0 Å².